The van der Waals surface area contributed by atoms with Crippen molar-refractivity contribution >= 4 is 20.7 Å². The molecule has 1 aliphatic rings. The van der Waals surface area contributed by atoms with Gasteiger partial charge in [0.05, 0.1) is 10.6 Å². The largest absolute Gasteiger partial charge is 0.361 e. The first-order valence-electron chi connectivity index (χ1n) is 9.94. The van der Waals surface area contributed by atoms with Crippen molar-refractivity contribution < 1.29 is 12.8 Å². The number of nitrogens with zero attached hydrogens (tertiary/aromatic N) is 2. The lowest BCUT2D eigenvalue weighted by molar-refractivity contribution is 0.148. The summed E-state index contributed by atoms with van der Waals surface area (Å²) < 4.78 is 36.4. The van der Waals surface area contributed by atoms with Gasteiger partial charge in [-0.15, -0.1) is 6.58 Å². The molecule has 0 atom stereocenters. The first kappa shape index (κ1) is 22.2. The number of hydrogen-bond acceptors (Lipinski definition) is 4. The van der Waals surface area contributed by atoms with Crippen LogP contribution in [0, 0.1) is 5.82 Å². The zero-order chi connectivity index (χ0) is 21.6. The Kier molecular flexibility index (Phi) is 7.42. The predicted molar refractivity (Wildman–Crippen MR) is 120 cm³/mol. The fourth-order valence-corrected chi connectivity index (χ4v) is 4.47. The van der Waals surface area contributed by atoms with Crippen molar-refractivity contribution in [3.63, 3.8) is 0 Å². The van der Waals surface area contributed by atoms with Gasteiger partial charge in [-0.25, -0.2) is 12.8 Å². The Morgan fingerprint density at radius 1 is 1.10 bits per heavy atom. The molecule has 1 aromatic heterocycles. The van der Waals surface area contributed by atoms with E-state index in [4.69, 9.17) is 0 Å². The van der Waals surface area contributed by atoms with E-state index in [1.807, 2.05) is 12.3 Å². The third-order valence-electron chi connectivity index (χ3n) is 5.16. The van der Waals surface area contributed by atoms with Crippen LogP contribution in [0.4, 0.5) is 4.39 Å². The molecule has 160 valence electrons. The molecule has 0 aliphatic carbocycles. The number of likely N-dealkylation sites (N-methyl/N-ethyl adjacent to an activating group) is 1. The van der Waals surface area contributed by atoms with Gasteiger partial charge in [0.2, 0.25) is 0 Å². The number of halogens is 1. The Morgan fingerprint density at radius 3 is 2.40 bits per heavy atom. The third-order valence-corrected chi connectivity index (χ3v) is 6.80. The van der Waals surface area contributed by atoms with Crippen molar-refractivity contribution in [3.05, 3.63) is 78.8 Å². The van der Waals surface area contributed by atoms with Gasteiger partial charge in [-0.1, -0.05) is 24.3 Å². The highest BCUT2D eigenvalue weighted by molar-refractivity contribution is 7.91. The summed E-state index contributed by atoms with van der Waals surface area (Å²) in [5.74, 6) is -0.209. The number of rotatable bonds is 5. The fraction of sp³-hybridized carbons (Fsp3) is 0.304. The average molecular weight is 430 g/mol. The van der Waals surface area contributed by atoms with Crippen molar-refractivity contribution in [2.75, 3.05) is 39.0 Å². The molecular weight excluding hydrogens is 401 g/mol. The normalized spacial score (nSPS) is 15.5. The standard InChI is InChI=1S/C17H23N3O2S.C6H5F/c1-3-10-23(21,22)15-4-5-17-16(11-15)14(12-18-17)13-20-8-6-19(2)7-9-20;7-6-4-2-1-3-5-6/h3-5,11-12,18H,1,6-10,13H2,2H3;1-5H. The molecule has 5 nitrogen and oxygen atoms in total. The van der Waals surface area contributed by atoms with E-state index < -0.39 is 9.84 Å². The molecule has 0 saturated carbocycles. The Balaban J connectivity index is 0.000000310. The highest BCUT2D eigenvalue weighted by atomic mass is 32.2. The zero-order valence-corrected chi connectivity index (χ0v) is 18.0. The van der Waals surface area contributed by atoms with Crippen molar-refractivity contribution in [1.82, 2.24) is 14.8 Å². The van der Waals surface area contributed by atoms with Crippen LogP contribution in [-0.4, -0.2) is 62.2 Å². The Labute approximate surface area is 177 Å². The molecule has 0 unspecified atom stereocenters. The molecule has 0 radical (unpaired) electrons. The summed E-state index contributed by atoms with van der Waals surface area (Å²) in [6, 6.07) is 13.2. The number of hydrogen-bond donors (Lipinski definition) is 1. The maximum Gasteiger partial charge on any atom is 0.181 e. The Hall–Kier alpha value is -2.48. The summed E-state index contributed by atoms with van der Waals surface area (Å²) >= 11 is 0. The number of benzene rings is 2. The number of aromatic amines is 1. The lowest BCUT2D eigenvalue weighted by Crippen LogP contribution is -2.43. The van der Waals surface area contributed by atoms with Crippen molar-refractivity contribution in [1.29, 1.82) is 0 Å². The summed E-state index contributed by atoms with van der Waals surface area (Å²) in [5.41, 5.74) is 2.13. The molecule has 2 heterocycles. The van der Waals surface area contributed by atoms with Crippen molar-refractivity contribution in [3.8, 4) is 0 Å². The summed E-state index contributed by atoms with van der Waals surface area (Å²) in [7, 11) is -1.15. The smallest absolute Gasteiger partial charge is 0.181 e. The van der Waals surface area contributed by atoms with Crippen LogP contribution in [-0.2, 0) is 16.4 Å². The molecular formula is C23H28FN3O2S. The topological polar surface area (TPSA) is 56.4 Å². The third kappa shape index (κ3) is 5.78. The molecule has 1 N–H and O–H groups in total. The average Bonchev–Trinajstić information content (AvgIpc) is 3.13. The SMILES string of the molecule is C=CCS(=O)(=O)c1ccc2[nH]cc(CN3CCN(C)CC3)c2c1.Fc1ccccc1. The summed E-state index contributed by atoms with van der Waals surface area (Å²) in [6.45, 7) is 8.59. The van der Waals surface area contributed by atoms with Gasteiger partial charge in [-0.3, -0.25) is 4.90 Å². The molecule has 0 bridgehead atoms. The lowest BCUT2D eigenvalue weighted by Gasteiger charge is -2.32. The quantitative estimate of drug-likeness (QED) is 0.629. The molecule has 1 saturated heterocycles. The minimum atomic E-state index is -3.29. The van der Waals surface area contributed by atoms with Gasteiger partial charge in [-0.05, 0) is 42.9 Å². The number of sulfone groups is 1. The van der Waals surface area contributed by atoms with E-state index in [1.165, 1.54) is 18.2 Å². The fourth-order valence-electron chi connectivity index (χ4n) is 3.39. The first-order chi connectivity index (χ1) is 14.4. The molecule has 30 heavy (non-hydrogen) atoms. The number of aromatic nitrogens is 1. The monoisotopic (exact) mass is 429 g/mol. The second-order valence-electron chi connectivity index (χ2n) is 7.47. The first-order valence-corrected chi connectivity index (χ1v) is 11.6. The van der Waals surface area contributed by atoms with Crippen molar-refractivity contribution in [2.45, 2.75) is 11.4 Å². The van der Waals surface area contributed by atoms with Crippen LogP contribution in [0.25, 0.3) is 10.9 Å². The van der Waals surface area contributed by atoms with Gasteiger partial charge in [-0.2, -0.15) is 0 Å². The summed E-state index contributed by atoms with van der Waals surface area (Å²) in [6.07, 6.45) is 3.43. The van der Waals surface area contributed by atoms with Crippen LogP contribution in [0.5, 0.6) is 0 Å². The van der Waals surface area contributed by atoms with Gasteiger partial charge in [0.15, 0.2) is 9.84 Å². The molecule has 0 spiro atoms. The highest BCUT2D eigenvalue weighted by Crippen LogP contribution is 2.24. The zero-order valence-electron chi connectivity index (χ0n) is 17.2. The van der Waals surface area contributed by atoms with E-state index >= 15 is 0 Å². The molecule has 4 rings (SSSR count). The maximum atomic E-state index is 12.2. The van der Waals surface area contributed by atoms with E-state index in [0.29, 0.717) is 4.90 Å². The molecule has 1 fully saturated rings. The second-order valence-corrected chi connectivity index (χ2v) is 9.50. The number of fused-ring (bicyclic) bond motifs is 1. The van der Waals surface area contributed by atoms with Crippen molar-refractivity contribution in [2.24, 2.45) is 0 Å². The Bertz CT molecular complexity index is 1070. The van der Waals surface area contributed by atoms with Crippen LogP contribution in [0.15, 0.2) is 72.3 Å². The van der Waals surface area contributed by atoms with Gasteiger partial charge in [0, 0.05) is 49.8 Å². The minimum absolute atomic E-state index is 0.0310. The Morgan fingerprint density at radius 2 is 1.80 bits per heavy atom. The maximum absolute atomic E-state index is 12.2. The summed E-state index contributed by atoms with van der Waals surface area (Å²) in [5, 5.41) is 0.995. The predicted octanol–water partition coefficient (Wildman–Crippen LogP) is 3.70. The molecule has 1 aliphatic heterocycles. The number of H-pyrrole nitrogens is 1. The highest BCUT2D eigenvalue weighted by Gasteiger charge is 2.18. The summed E-state index contributed by atoms with van der Waals surface area (Å²) in [4.78, 5) is 8.35. The molecule has 3 aromatic rings. The van der Waals surface area contributed by atoms with Crippen LogP contribution >= 0.6 is 0 Å². The van der Waals surface area contributed by atoms with E-state index in [0.717, 1.165) is 49.2 Å². The van der Waals surface area contributed by atoms with Gasteiger partial charge in [0.25, 0.3) is 0 Å². The number of piperazine rings is 1. The van der Waals surface area contributed by atoms with E-state index in [9.17, 15) is 12.8 Å². The van der Waals surface area contributed by atoms with E-state index in [2.05, 4.69) is 28.4 Å². The lowest BCUT2D eigenvalue weighted by atomic mass is 10.1. The number of nitrogens with one attached hydrogen (secondary N) is 1. The molecule has 2 aromatic carbocycles. The van der Waals surface area contributed by atoms with E-state index in [-0.39, 0.29) is 11.6 Å². The minimum Gasteiger partial charge on any atom is -0.361 e. The van der Waals surface area contributed by atoms with E-state index in [1.54, 1.807) is 30.3 Å². The van der Waals surface area contributed by atoms with Gasteiger partial charge < -0.3 is 9.88 Å². The molecule has 0 amide bonds. The van der Waals surface area contributed by atoms with Gasteiger partial charge >= 0.3 is 0 Å². The second kappa shape index (κ2) is 10.0. The van der Waals surface area contributed by atoms with Crippen LogP contribution in [0.2, 0.25) is 0 Å². The van der Waals surface area contributed by atoms with Crippen LogP contribution in [0.3, 0.4) is 0 Å². The van der Waals surface area contributed by atoms with Gasteiger partial charge in [0.1, 0.15) is 5.82 Å². The van der Waals surface area contributed by atoms with Crippen LogP contribution < -0.4 is 0 Å². The molecule has 7 heteroatoms. The van der Waals surface area contributed by atoms with Crippen LogP contribution in [0.1, 0.15) is 5.56 Å².